The van der Waals surface area contributed by atoms with Gasteiger partial charge < -0.3 is 10.6 Å². The zero-order valence-corrected chi connectivity index (χ0v) is 16.0. The van der Waals surface area contributed by atoms with Gasteiger partial charge in [-0.15, -0.1) is 34.2 Å². The number of fused-ring (bicyclic) bond motifs is 1. The van der Waals surface area contributed by atoms with Gasteiger partial charge in [0.25, 0.3) is 0 Å². The summed E-state index contributed by atoms with van der Waals surface area (Å²) in [5.41, 5.74) is 1.99. The van der Waals surface area contributed by atoms with Crippen LogP contribution >= 0.6 is 24.0 Å². The average Bonchev–Trinajstić information content (AvgIpc) is 3.17. The molecule has 0 radical (unpaired) electrons. The Balaban J connectivity index is 0.00000208. The van der Waals surface area contributed by atoms with Crippen LogP contribution in [-0.4, -0.2) is 43.9 Å². The maximum atomic E-state index is 4.25. The quantitative estimate of drug-likeness (QED) is 0.354. The molecule has 0 unspecified atom stereocenters. The molecule has 0 atom stereocenters. The van der Waals surface area contributed by atoms with Gasteiger partial charge in [0.1, 0.15) is 0 Å². The number of nitrogens with one attached hydrogen (secondary N) is 2. The lowest BCUT2D eigenvalue weighted by molar-refractivity contribution is 0.596. The summed E-state index contributed by atoms with van der Waals surface area (Å²) in [6.45, 7) is 4.09. The molecule has 3 rings (SSSR count). The van der Waals surface area contributed by atoms with Crippen molar-refractivity contribution in [3.8, 4) is 0 Å². The Kier molecular flexibility index (Phi) is 6.53. The van der Waals surface area contributed by atoms with Crippen LogP contribution in [0.5, 0.6) is 0 Å². The monoisotopic (exact) mass is 440 g/mol. The molecular weight excluding hydrogens is 419 g/mol. The molecule has 2 N–H and O–H groups in total. The Morgan fingerprint density at radius 1 is 1.25 bits per heavy atom. The minimum absolute atomic E-state index is 0. The van der Waals surface area contributed by atoms with Crippen LogP contribution in [0.4, 0.5) is 0 Å². The second-order valence-corrected chi connectivity index (χ2v) is 5.18. The topological polar surface area (TPSA) is 84.4 Å². The Labute approximate surface area is 157 Å². The van der Waals surface area contributed by atoms with Crippen molar-refractivity contribution in [1.82, 2.24) is 35.0 Å². The van der Waals surface area contributed by atoms with Crippen molar-refractivity contribution >= 4 is 35.6 Å². The molecule has 0 saturated carbocycles. The normalized spacial score (nSPS) is 11.3. The van der Waals surface area contributed by atoms with Crippen molar-refractivity contribution in [2.45, 2.75) is 20.0 Å². The number of rotatable bonds is 5. The molecule has 3 aromatic rings. The van der Waals surface area contributed by atoms with E-state index in [1.807, 2.05) is 52.8 Å². The van der Waals surface area contributed by atoms with Crippen molar-refractivity contribution in [3.05, 3.63) is 48.2 Å². The minimum atomic E-state index is 0. The van der Waals surface area contributed by atoms with Gasteiger partial charge in [-0.3, -0.25) is 14.1 Å². The van der Waals surface area contributed by atoms with Crippen LogP contribution in [0.25, 0.3) is 5.65 Å². The summed E-state index contributed by atoms with van der Waals surface area (Å²) in [4.78, 5) is 4.21. The SMILES string of the molecule is CN=C(NCCn1cc(C)cn1)NCc1nnc2ccccn12.I. The lowest BCUT2D eigenvalue weighted by atomic mass is 10.4. The summed E-state index contributed by atoms with van der Waals surface area (Å²) in [6.07, 6.45) is 5.81. The summed E-state index contributed by atoms with van der Waals surface area (Å²) in [6, 6.07) is 5.83. The molecule has 0 spiro atoms. The third-order valence-corrected chi connectivity index (χ3v) is 3.42. The number of aromatic nitrogens is 5. The lowest BCUT2D eigenvalue weighted by Gasteiger charge is -2.11. The average molecular weight is 440 g/mol. The van der Waals surface area contributed by atoms with Gasteiger partial charge in [0.05, 0.1) is 19.3 Å². The van der Waals surface area contributed by atoms with Crippen molar-refractivity contribution in [1.29, 1.82) is 0 Å². The van der Waals surface area contributed by atoms with E-state index in [-0.39, 0.29) is 24.0 Å². The Morgan fingerprint density at radius 3 is 2.88 bits per heavy atom. The zero-order chi connectivity index (χ0) is 16.1. The van der Waals surface area contributed by atoms with Crippen LogP contribution in [-0.2, 0) is 13.1 Å². The lowest BCUT2D eigenvalue weighted by Crippen LogP contribution is -2.38. The van der Waals surface area contributed by atoms with E-state index in [0.717, 1.165) is 36.1 Å². The molecule has 0 amide bonds. The number of aryl methyl sites for hydroxylation is 1. The van der Waals surface area contributed by atoms with Crippen molar-refractivity contribution < 1.29 is 0 Å². The van der Waals surface area contributed by atoms with Gasteiger partial charge in [0.15, 0.2) is 17.4 Å². The van der Waals surface area contributed by atoms with Gasteiger partial charge >= 0.3 is 0 Å². The summed E-state index contributed by atoms with van der Waals surface area (Å²) in [7, 11) is 1.75. The van der Waals surface area contributed by atoms with E-state index in [2.05, 4.69) is 30.9 Å². The molecule has 0 aliphatic heterocycles. The molecule has 0 aliphatic rings. The highest BCUT2D eigenvalue weighted by Crippen LogP contribution is 2.02. The molecule has 0 saturated heterocycles. The first-order valence-electron chi connectivity index (χ1n) is 7.48. The number of pyridine rings is 1. The summed E-state index contributed by atoms with van der Waals surface area (Å²) >= 11 is 0. The molecule has 24 heavy (non-hydrogen) atoms. The van der Waals surface area contributed by atoms with Crippen molar-refractivity contribution in [3.63, 3.8) is 0 Å². The molecule has 0 fully saturated rings. The number of nitrogens with zero attached hydrogens (tertiary/aromatic N) is 6. The zero-order valence-electron chi connectivity index (χ0n) is 13.7. The van der Waals surface area contributed by atoms with E-state index in [9.17, 15) is 0 Å². The second-order valence-electron chi connectivity index (χ2n) is 5.18. The molecule has 9 heteroatoms. The molecule has 0 aromatic carbocycles. The molecular formula is C15H21IN8. The summed E-state index contributed by atoms with van der Waals surface area (Å²) in [5.74, 6) is 1.56. The van der Waals surface area contributed by atoms with E-state index < -0.39 is 0 Å². The first kappa shape index (κ1) is 18.2. The maximum Gasteiger partial charge on any atom is 0.191 e. The van der Waals surface area contributed by atoms with Crippen molar-refractivity contribution in [2.24, 2.45) is 4.99 Å². The number of halogens is 1. The highest BCUT2D eigenvalue weighted by atomic mass is 127. The van der Waals surface area contributed by atoms with E-state index in [1.165, 1.54) is 0 Å². The Hall–Kier alpha value is -2.17. The number of aliphatic imine (C=N–C) groups is 1. The smallest absolute Gasteiger partial charge is 0.191 e. The molecule has 128 valence electrons. The molecule has 0 bridgehead atoms. The fourth-order valence-electron chi connectivity index (χ4n) is 2.27. The van der Waals surface area contributed by atoms with E-state index >= 15 is 0 Å². The number of hydrogen-bond acceptors (Lipinski definition) is 4. The van der Waals surface area contributed by atoms with Gasteiger partial charge in [-0.25, -0.2) is 0 Å². The fourth-order valence-corrected chi connectivity index (χ4v) is 2.27. The van der Waals surface area contributed by atoms with E-state index in [0.29, 0.717) is 6.54 Å². The minimum Gasteiger partial charge on any atom is -0.355 e. The molecule has 8 nitrogen and oxygen atoms in total. The van der Waals surface area contributed by atoms with Crippen LogP contribution in [0.3, 0.4) is 0 Å². The van der Waals surface area contributed by atoms with Crippen LogP contribution < -0.4 is 10.6 Å². The predicted molar refractivity (Wildman–Crippen MR) is 104 cm³/mol. The second kappa shape index (κ2) is 8.62. The molecule has 3 aromatic heterocycles. The van der Waals surface area contributed by atoms with Crippen molar-refractivity contribution in [2.75, 3.05) is 13.6 Å². The van der Waals surface area contributed by atoms with Crippen LogP contribution in [0.15, 0.2) is 41.8 Å². The van der Waals surface area contributed by atoms with Gasteiger partial charge in [0.2, 0.25) is 0 Å². The highest BCUT2D eigenvalue weighted by molar-refractivity contribution is 14.0. The first-order chi connectivity index (χ1) is 11.3. The van der Waals surface area contributed by atoms with Crippen LogP contribution in [0.1, 0.15) is 11.4 Å². The van der Waals surface area contributed by atoms with E-state index in [1.54, 1.807) is 7.05 Å². The fraction of sp³-hybridized carbons (Fsp3) is 0.333. The first-order valence-corrected chi connectivity index (χ1v) is 7.48. The van der Waals surface area contributed by atoms with Gasteiger partial charge in [0, 0.05) is 26.0 Å². The third-order valence-electron chi connectivity index (χ3n) is 3.42. The largest absolute Gasteiger partial charge is 0.355 e. The summed E-state index contributed by atoms with van der Waals surface area (Å²) < 4.78 is 3.86. The highest BCUT2D eigenvalue weighted by Gasteiger charge is 2.05. The Bertz CT molecular complexity index is 807. The predicted octanol–water partition coefficient (Wildman–Crippen LogP) is 1.22. The van der Waals surface area contributed by atoms with Gasteiger partial charge in [-0.2, -0.15) is 5.10 Å². The summed E-state index contributed by atoms with van der Waals surface area (Å²) in [5, 5.41) is 19.1. The van der Waals surface area contributed by atoms with Crippen LogP contribution in [0.2, 0.25) is 0 Å². The number of guanidine groups is 1. The van der Waals surface area contributed by atoms with Gasteiger partial charge in [-0.05, 0) is 24.6 Å². The third kappa shape index (κ3) is 4.43. The standard InChI is InChI=1S/C15H20N8.HI/c1-12-9-19-22(11-12)8-6-17-15(16-2)18-10-14-21-20-13-5-3-4-7-23(13)14;/h3-5,7,9,11H,6,8,10H2,1-2H3,(H2,16,17,18);1H. The van der Waals surface area contributed by atoms with E-state index in [4.69, 9.17) is 0 Å². The van der Waals surface area contributed by atoms with Gasteiger partial charge in [-0.1, -0.05) is 6.07 Å². The molecule has 0 aliphatic carbocycles. The number of hydrogen-bond donors (Lipinski definition) is 2. The van der Waals surface area contributed by atoms with Crippen LogP contribution in [0, 0.1) is 6.92 Å². The Morgan fingerprint density at radius 2 is 2.12 bits per heavy atom. The molecule has 3 heterocycles. The maximum absolute atomic E-state index is 4.25.